The van der Waals surface area contributed by atoms with E-state index in [0.29, 0.717) is 18.1 Å². The highest BCUT2D eigenvalue weighted by Crippen LogP contribution is 2.41. The number of hydrogen-bond acceptors (Lipinski definition) is 4. The Labute approximate surface area is 192 Å². The van der Waals surface area contributed by atoms with E-state index in [-0.39, 0.29) is 18.5 Å². The molecule has 0 radical (unpaired) electrons. The normalized spacial score (nSPS) is 27.2. The molecule has 3 atom stereocenters. The Hall–Kier alpha value is -2.08. The molecule has 2 bridgehead atoms. The van der Waals surface area contributed by atoms with Crippen molar-refractivity contribution in [2.75, 3.05) is 16.8 Å². The van der Waals surface area contributed by atoms with Crippen LogP contribution in [0.4, 0.5) is 11.4 Å². The van der Waals surface area contributed by atoms with Gasteiger partial charge >= 0.3 is 5.97 Å². The van der Waals surface area contributed by atoms with Crippen LogP contribution >= 0.6 is 0 Å². The maximum atomic E-state index is 12.9. The fourth-order valence-electron chi connectivity index (χ4n) is 6.56. The fraction of sp³-hybridized carbons (Fsp3) is 0.692. The maximum absolute atomic E-state index is 12.9. The van der Waals surface area contributed by atoms with Gasteiger partial charge in [-0.3, -0.25) is 14.5 Å². The zero-order valence-electron chi connectivity index (χ0n) is 19.5. The van der Waals surface area contributed by atoms with Gasteiger partial charge in [0.2, 0.25) is 5.91 Å². The molecule has 1 aromatic rings. The third kappa shape index (κ3) is 5.28. The molecule has 0 unspecified atom stereocenters. The fourth-order valence-corrected chi connectivity index (χ4v) is 6.56. The van der Waals surface area contributed by atoms with Crippen LogP contribution in [-0.2, 0) is 9.59 Å². The van der Waals surface area contributed by atoms with Gasteiger partial charge in [0, 0.05) is 31.1 Å². The minimum atomic E-state index is -0.906. The van der Waals surface area contributed by atoms with Crippen molar-refractivity contribution >= 4 is 23.3 Å². The van der Waals surface area contributed by atoms with E-state index in [1.165, 1.54) is 64.2 Å². The Morgan fingerprint density at radius 2 is 1.53 bits per heavy atom. The summed E-state index contributed by atoms with van der Waals surface area (Å²) >= 11 is 0. The number of para-hydroxylation sites is 2. The molecule has 4 rings (SSSR count). The number of aliphatic carboxylic acids is 1. The molecule has 1 saturated carbocycles. The highest BCUT2D eigenvalue weighted by molar-refractivity contribution is 5.96. The monoisotopic (exact) mass is 441 g/mol. The van der Waals surface area contributed by atoms with Gasteiger partial charge in [0.25, 0.3) is 0 Å². The lowest BCUT2D eigenvalue weighted by molar-refractivity contribution is -0.135. The summed E-state index contributed by atoms with van der Waals surface area (Å²) in [5.41, 5.74) is 1.53. The lowest BCUT2D eigenvalue weighted by Crippen LogP contribution is -2.60. The Balaban J connectivity index is 1.55. The molecule has 0 spiro atoms. The number of benzene rings is 1. The molecular weight excluding hydrogens is 402 g/mol. The van der Waals surface area contributed by atoms with Crippen molar-refractivity contribution in [1.29, 1.82) is 0 Å². The second kappa shape index (κ2) is 10.7. The lowest BCUT2D eigenvalue weighted by Gasteiger charge is -2.54. The molecule has 2 heterocycles. The van der Waals surface area contributed by atoms with Crippen LogP contribution in [0.5, 0.6) is 0 Å². The van der Waals surface area contributed by atoms with Crippen LogP contribution in [0.1, 0.15) is 84.0 Å². The second-order valence-electron chi connectivity index (χ2n) is 9.96. The Morgan fingerprint density at radius 3 is 2.16 bits per heavy atom. The summed E-state index contributed by atoms with van der Waals surface area (Å²) in [6, 6.07) is 9.62. The van der Waals surface area contributed by atoms with E-state index < -0.39 is 5.97 Å². The number of fused-ring (bicyclic) bond motifs is 2. The highest BCUT2D eigenvalue weighted by Gasteiger charge is 2.43. The third-order valence-corrected chi connectivity index (χ3v) is 7.80. The van der Waals surface area contributed by atoms with Crippen LogP contribution in [-0.4, -0.2) is 52.6 Å². The third-order valence-electron chi connectivity index (χ3n) is 7.80. The summed E-state index contributed by atoms with van der Waals surface area (Å²) in [6.07, 6.45) is 15.3. The molecule has 32 heavy (non-hydrogen) atoms. The van der Waals surface area contributed by atoms with E-state index in [2.05, 4.69) is 10.2 Å². The van der Waals surface area contributed by atoms with Gasteiger partial charge in [-0.05, 0) is 50.7 Å². The van der Waals surface area contributed by atoms with Crippen LogP contribution in [0.3, 0.4) is 0 Å². The Kier molecular flexibility index (Phi) is 7.71. The average Bonchev–Trinajstić information content (AvgIpc) is 2.72. The molecule has 0 aromatic heterocycles. The first kappa shape index (κ1) is 23.1. The first-order valence-corrected chi connectivity index (χ1v) is 12.7. The van der Waals surface area contributed by atoms with Gasteiger partial charge < -0.3 is 15.3 Å². The molecular formula is C26H39N3O3. The number of nitrogens with one attached hydrogen (secondary N) is 1. The van der Waals surface area contributed by atoms with Crippen molar-refractivity contribution in [3.05, 3.63) is 24.3 Å². The number of carbonyl (C=O) groups excluding carboxylic acids is 1. The zero-order chi connectivity index (χ0) is 22.5. The summed E-state index contributed by atoms with van der Waals surface area (Å²) in [5, 5.41) is 12.1. The van der Waals surface area contributed by atoms with Gasteiger partial charge in [0.1, 0.15) is 6.54 Å². The molecule has 1 aliphatic carbocycles. The van der Waals surface area contributed by atoms with E-state index in [1.54, 1.807) is 6.92 Å². The number of carboxylic acids is 1. The van der Waals surface area contributed by atoms with Gasteiger partial charge in [0.15, 0.2) is 0 Å². The number of nitrogens with zero attached hydrogens (tertiary/aromatic N) is 2. The van der Waals surface area contributed by atoms with Crippen LogP contribution in [0.25, 0.3) is 0 Å². The summed E-state index contributed by atoms with van der Waals surface area (Å²) in [6.45, 7) is 1.49. The number of rotatable bonds is 6. The van der Waals surface area contributed by atoms with Crippen molar-refractivity contribution in [3.8, 4) is 0 Å². The quantitative estimate of drug-likeness (QED) is 0.647. The smallest absolute Gasteiger partial charge is 0.322 e. The molecule has 1 amide bonds. The van der Waals surface area contributed by atoms with Crippen LogP contribution in [0, 0.1) is 0 Å². The maximum Gasteiger partial charge on any atom is 0.322 e. The van der Waals surface area contributed by atoms with Gasteiger partial charge in [-0.1, -0.05) is 50.7 Å². The molecule has 3 fully saturated rings. The molecule has 3 aliphatic rings. The summed E-state index contributed by atoms with van der Waals surface area (Å²) < 4.78 is 0. The topological polar surface area (TPSA) is 72.9 Å². The van der Waals surface area contributed by atoms with Crippen LogP contribution in [0.2, 0.25) is 0 Å². The van der Waals surface area contributed by atoms with E-state index in [9.17, 15) is 9.59 Å². The van der Waals surface area contributed by atoms with Crippen LogP contribution in [0.15, 0.2) is 24.3 Å². The van der Waals surface area contributed by atoms with Gasteiger partial charge in [0.05, 0.1) is 11.4 Å². The molecule has 2 saturated heterocycles. The van der Waals surface area contributed by atoms with E-state index in [0.717, 1.165) is 24.2 Å². The number of amides is 1. The van der Waals surface area contributed by atoms with Crippen molar-refractivity contribution in [3.63, 3.8) is 0 Å². The molecule has 6 nitrogen and oxygen atoms in total. The number of carbonyl (C=O) groups is 2. The largest absolute Gasteiger partial charge is 0.480 e. The number of piperidine rings is 2. The van der Waals surface area contributed by atoms with Crippen molar-refractivity contribution in [1.82, 2.24) is 4.90 Å². The molecule has 1 aromatic carbocycles. The minimum absolute atomic E-state index is 0.0389. The molecule has 2 N–H and O–H groups in total. The van der Waals surface area contributed by atoms with Gasteiger partial charge in [-0.25, -0.2) is 0 Å². The average molecular weight is 442 g/mol. The van der Waals surface area contributed by atoms with E-state index in [4.69, 9.17) is 5.11 Å². The first-order valence-electron chi connectivity index (χ1n) is 12.7. The molecule has 2 aliphatic heterocycles. The molecule has 176 valence electrons. The van der Waals surface area contributed by atoms with E-state index >= 15 is 0 Å². The zero-order valence-corrected chi connectivity index (χ0v) is 19.5. The van der Waals surface area contributed by atoms with Gasteiger partial charge in [-0.2, -0.15) is 0 Å². The number of carboxylic acid groups (broad SMARTS) is 1. The summed E-state index contributed by atoms with van der Waals surface area (Å²) in [7, 11) is 0. The van der Waals surface area contributed by atoms with Crippen molar-refractivity contribution in [2.45, 2.75) is 108 Å². The second-order valence-corrected chi connectivity index (χ2v) is 9.96. The highest BCUT2D eigenvalue weighted by atomic mass is 16.4. The first-order chi connectivity index (χ1) is 15.5. The lowest BCUT2D eigenvalue weighted by atomic mass is 9.78. The van der Waals surface area contributed by atoms with Crippen molar-refractivity contribution < 1.29 is 14.7 Å². The van der Waals surface area contributed by atoms with Crippen LogP contribution < -0.4 is 10.2 Å². The Bertz CT molecular complexity index is 776. The van der Waals surface area contributed by atoms with E-state index in [1.807, 2.05) is 29.2 Å². The number of anilines is 2. The Morgan fingerprint density at radius 1 is 0.938 bits per heavy atom. The summed E-state index contributed by atoms with van der Waals surface area (Å²) in [5.74, 6) is -0.867. The van der Waals surface area contributed by atoms with Gasteiger partial charge in [-0.15, -0.1) is 0 Å². The standard InChI is InChI=1S/C26H39N3O3/c1-19(30)28(25-15-8-7-14-24(25)27-18-26(31)32)23-16-21-12-9-13-22(17-23)29(21)20-10-5-3-2-4-6-11-20/h7-8,14-15,20-23,27H,2-6,9-13,16-18H2,1H3,(H,31,32)/t21-,22+,23+. The molecule has 6 heteroatoms. The predicted octanol–water partition coefficient (Wildman–Crippen LogP) is 5.03. The predicted molar refractivity (Wildman–Crippen MR) is 128 cm³/mol. The summed E-state index contributed by atoms with van der Waals surface area (Å²) in [4.78, 5) is 28.8. The SMILES string of the molecule is CC(=O)N(c1ccccc1NCC(=O)O)[C@H]1C[C@H]2CCC[C@@H](C1)N2C1CCCCCCC1. The minimum Gasteiger partial charge on any atom is -0.480 e. The van der Waals surface area contributed by atoms with Crippen molar-refractivity contribution in [2.24, 2.45) is 0 Å². The number of hydrogen-bond donors (Lipinski definition) is 2.